The van der Waals surface area contributed by atoms with Crippen LogP contribution in [0.15, 0.2) is 30.5 Å². The lowest BCUT2D eigenvalue weighted by atomic mass is 9.69. The summed E-state index contributed by atoms with van der Waals surface area (Å²) in [6.45, 7) is 4.26. The van der Waals surface area contributed by atoms with Crippen LogP contribution in [0.25, 0.3) is 0 Å². The lowest BCUT2D eigenvalue weighted by Gasteiger charge is -2.38. The third kappa shape index (κ3) is 1.69. The Balaban J connectivity index is 2.36. The van der Waals surface area contributed by atoms with E-state index in [1.165, 1.54) is 0 Å². The number of ether oxygens (including phenoxy) is 1. The van der Waals surface area contributed by atoms with Gasteiger partial charge < -0.3 is 4.74 Å². The fraction of sp³-hybridized carbons (Fsp3) is 0.500. The van der Waals surface area contributed by atoms with Gasteiger partial charge in [-0.25, -0.2) is 0 Å². The van der Waals surface area contributed by atoms with Crippen LogP contribution in [0.3, 0.4) is 0 Å². The Kier molecular flexibility index (Phi) is 2.92. The quantitative estimate of drug-likeness (QED) is 0.846. The lowest BCUT2D eigenvalue weighted by Crippen LogP contribution is -2.36. The van der Waals surface area contributed by atoms with Crippen LogP contribution >= 0.6 is 0 Å². The van der Waals surface area contributed by atoms with E-state index in [1.807, 2.05) is 6.08 Å². The molecule has 1 aliphatic carbocycles. The van der Waals surface area contributed by atoms with Crippen molar-refractivity contribution in [3.05, 3.63) is 36.2 Å². The topological polar surface area (TPSA) is 50.8 Å². The number of hydrogen-bond donors (Lipinski definition) is 1. The minimum atomic E-state index is -0.0830. The van der Waals surface area contributed by atoms with Crippen LogP contribution in [0.2, 0.25) is 0 Å². The molecule has 0 saturated carbocycles. The predicted octanol–water partition coefficient (Wildman–Crippen LogP) is 2.06. The van der Waals surface area contributed by atoms with Crippen LogP contribution in [0.5, 0.6) is 0 Å². The van der Waals surface area contributed by atoms with Gasteiger partial charge in [0.05, 0.1) is 18.0 Å². The van der Waals surface area contributed by atoms with E-state index in [0.29, 0.717) is 0 Å². The summed E-state index contributed by atoms with van der Waals surface area (Å²) in [6, 6.07) is 0. The molecule has 0 amide bonds. The van der Waals surface area contributed by atoms with Crippen molar-refractivity contribution in [2.45, 2.75) is 25.9 Å². The van der Waals surface area contributed by atoms with Gasteiger partial charge in [0.15, 0.2) is 0 Å². The van der Waals surface area contributed by atoms with E-state index in [9.17, 15) is 0 Å². The van der Waals surface area contributed by atoms with Crippen LogP contribution in [0.1, 0.15) is 25.5 Å². The van der Waals surface area contributed by atoms with Gasteiger partial charge in [-0.05, 0) is 6.92 Å². The first kappa shape index (κ1) is 11.1. The molecular weight excluding hydrogens is 202 g/mol. The molecular formula is C12H17N3O. The number of nitrogens with zero attached hydrogens (tertiary/aromatic N) is 2. The highest BCUT2D eigenvalue weighted by molar-refractivity contribution is 5.29. The molecule has 1 N–H and O–H groups in total. The van der Waals surface area contributed by atoms with Crippen molar-refractivity contribution >= 4 is 0 Å². The maximum atomic E-state index is 5.48. The number of methoxy groups -OCH3 is 1. The van der Waals surface area contributed by atoms with Gasteiger partial charge in [-0.1, -0.05) is 31.2 Å². The second-order valence-electron chi connectivity index (χ2n) is 4.36. The molecule has 4 nitrogen and oxygen atoms in total. The first-order valence-electron chi connectivity index (χ1n) is 5.43. The van der Waals surface area contributed by atoms with Gasteiger partial charge in [0.1, 0.15) is 0 Å². The number of aromatic nitrogens is 3. The number of rotatable bonds is 3. The third-order valence-electron chi connectivity index (χ3n) is 3.52. The molecule has 0 fully saturated rings. The van der Waals surface area contributed by atoms with Gasteiger partial charge in [-0.2, -0.15) is 15.4 Å². The van der Waals surface area contributed by atoms with Crippen LogP contribution in [-0.2, 0) is 4.74 Å². The van der Waals surface area contributed by atoms with Gasteiger partial charge in [-0.15, -0.1) is 0 Å². The van der Waals surface area contributed by atoms with Crippen molar-refractivity contribution in [3.8, 4) is 0 Å². The highest BCUT2D eigenvalue weighted by atomic mass is 16.5. The van der Waals surface area contributed by atoms with Crippen molar-refractivity contribution < 1.29 is 4.74 Å². The van der Waals surface area contributed by atoms with Crippen LogP contribution in [0, 0.1) is 5.41 Å². The second kappa shape index (κ2) is 4.22. The molecule has 0 radical (unpaired) electrons. The van der Waals surface area contributed by atoms with E-state index < -0.39 is 0 Å². The first-order chi connectivity index (χ1) is 7.68. The molecule has 1 heterocycles. The summed E-state index contributed by atoms with van der Waals surface area (Å²) in [7, 11) is 1.74. The fourth-order valence-corrected chi connectivity index (χ4v) is 2.17. The van der Waals surface area contributed by atoms with Crippen LogP contribution < -0.4 is 0 Å². The highest BCUT2D eigenvalue weighted by Gasteiger charge is 2.39. The molecule has 2 rings (SSSR count). The Bertz CT molecular complexity index is 396. The van der Waals surface area contributed by atoms with E-state index >= 15 is 0 Å². The minimum Gasteiger partial charge on any atom is -0.381 e. The standard InChI is InChI=1S/C12H17N3O/c1-9(16-3)12(2)7-5-4-6-10(12)11-8-13-15-14-11/h4-10H,1-3H3,(H,13,14,15). The molecule has 1 aromatic rings. The van der Waals surface area contributed by atoms with E-state index in [2.05, 4.69) is 47.5 Å². The Morgan fingerprint density at radius 3 is 2.94 bits per heavy atom. The maximum absolute atomic E-state index is 5.48. The Hall–Kier alpha value is -1.42. The molecule has 0 bridgehead atoms. The number of H-pyrrole nitrogens is 1. The lowest BCUT2D eigenvalue weighted by molar-refractivity contribution is 0.0284. The SMILES string of the molecule is COC(C)C1(C)C=CC=CC1c1cn[nH]n1. The van der Waals surface area contributed by atoms with E-state index in [1.54, 1.807) is 13.3 Å². The monoisotopic (exact) mass is 219 g/mol. The minimum absolute atomic E-state index is 0.0830. The van der Waals surface area contributed by atoms with Crippen molar-refractivity contribution in [3.63, 3.8) is 0 Å². The second-order valence-corrected chi connectivity index (χ2v) is 4.36. The molecule has 86 valence electrons. The van der Waals surface area contributed by atoms with Gasteiger partial charge in [-0.3, -0.25) is 0 Å². The zero-order chi connectivity index (χ0) is 11.6. The smallest absolute Gasteiger partial charge is 0.0902 e. The molecule has 16 heavy (non-hydrogen) atoms. The summed E-state index contributed by atoms with van der Waals surface area (Å²) in [5, 5.41) is 10.7. The summed E-state index contributed by atoms with van der Waals surface area (Å²) in [4.78, 5) is 0. The molecule has 4 heteroatoms. The molecule has 3 unspecified atom stereocenters. The number of aromatic amines is 1. The highest BCUT2D eigenvalue weighted by Crippen LogP contribution is 2.43. The zero-order valence-corrected chi connectivity index (χ0v) is 9.84. The normalized spacial score (nSPS) is 30.6. The first-order valence-corrected chi connectivity index (χ1v) is 5.43. The predicted molar refractivity (Wildman–Crippen MR) is 62.0 cm³/mol. The molecule has 0 aliphatic heterocycles. The van der Waals surface area contributed by atoms with Crippen molar-refractivity contribution in [2.24, 2.45) is 5.41 Å². The summed E-state index contributed by atoms with van der Waals surface area (Å²) in [6.07, 6.45) is 10.3. The average Bonchev–Trinajstić information content (AvgIpc) is 2.82. The zero-order valence-electron chi connectivity index (χ0n) is 9.84. The molecule has 1 aromatic heterocycles. The van der Waals surface area contributed by atoms with Crippen LogP contribution in [0.4, 0.5) is 0 Å². The number of allylic oxidation sites excluding steroid dienone is 3. The number of hydrogen-bond acceptors (Lipinski definition) is 3. The summed E-state index contributed by atoms with van der Waals surface area (Å²) in [5.74, 6) is 0.200. The third-order valence-corrected chi connectivity index (χ3v) is 3.52. The van der Waals surface area contributed by atoms with Gasteiger partial charge in [0, 0.05) is 18.4 Å². The van der Waals surface area contributed by atoms with E-state index in [4.69, 9.17) is 4.74 Å². The molecule has 1 aliphatic rings. The Morgan fingerprint density at radius 1 is 1.50 bits per heavy atom. The van der Waals surface area contributed by atoms with Gasteiger partial charge in [0.25, 0.3) is 0 Å². The molecule has 0 spiro atoms. The average molecular weight is 219 g/mol. The van der Waals surface area contributed by atoms with Crippen molar-refractivity contribution in [1.82, 2.24) is 15.4 Å². The Morgan fingerprint density at radius 2 is 2.31 bits per heavy atom. The summed E-state index contributed by atoms with van der Waals surface area (Å²) < 4.78 is 5.48. The van der Waals surface area contributed by atoms with Gasteiger partial charge in [0.2, 0.25) is 0 Å². The van der Waals surface area contributed by atoms with E-state index in [0.717, 1.165) is 5.69 Å². The van der Waals surface area contributed by atoms with Gasteiger partial charge >= 0.3 is 0 Å². The largest absolute Gasteiger partial charge is 0.381 e. The van der Waals surface area contributed by atoms with Crippen LogP contribution in [-0.4, -0.2) is 28.6 Å². The fourth-order valence-electron chi connectivity index (χ4n) is 2.17. The van der Waals surface area contributed by atoms with Crippen molar-refractivity contribution in [2.75, 3.05) is 7.11 Å². The summed E-state index contributed by atoms with van der Waals surface area (Å²) in [5.41, 5.74) is 0.868. The summed E-state index contributed by atoms with van der Waals surface area (Å²) >= 11 is 0. The maximum Gasteiger partial charge on any atom is 0.0902 e. The number of nitrogens with one attached hydrogen (secondary N) is 1. The molecule has 3 atom stereocenters. The van der Waals surface area contributed by atoms with Crippen molar-refractivity contribution in [1.29, 1.82) is 0 Å². The molecule has 0 saturated heterocycles. The van der Waals surface area contributed by atoms with E-state index in [-0.39, 0.29) is 17.4 Å². The molecule has 0 aromatic carbocycles. The Labute approximate surface area is 95.4 Å².